The maximum absolute atomic E-state index is 12.2. The van der Waals surface area contributed by atoms with Crippen molar-refractivity contribution in [3.05, 3.63) is 48.6 Å². The third kappa shape index (κ3) is 27.7. The smallest absolute Gasteiger partial charge is 0.220 e. The van der Waals surface area contributed by atoms with Gasteiger partial charge in [-0.3, -0.25) is 4.79 Å². The Bertz CT molecular complexity index is 638. The molecule has 0 rings (SSSR count). The van der Waals surface area contributed by atoms with E-state index < -0.39 is 12.1 Å². The molecule has 0 aliphatic heterocycles. The van der Waals surface area contributed by atoms with Gasteiger partial charge in [-0.2, -0.15) is 0 Å². The molecule has 0 aliphatic rings. The summed E-state index contributed by atoms with van der Waals surface area (Å²) >= 11 is 0. The topological polar surface area (TPSA) is 69.6 Å². The monoisotopic (exact) mass is 545 g/mol. The van der Waals surface area contributed by atoms with Crippen molar-refractivity contribution in [3.63, 3.8) is 0 Å². The highest BCUT2D eigenvalue weighted by Crippen LogP contribution is 2.10. The van der Waals surface area contributed by atoms with Gasteiger partial charge in [0.05, 0.1) is 18.8 Å². The third-order valence-electron chi connectivity index (χ3n) is 6.99. The van der Waals surface area contributed by atoms with Crippen LogP contribution in [0.25, 0.3) is 0 Å². The van der Waals surface area contributed by atoms with Crippen molar-refractivity contribution in [2.75, 3.05) is 6.61 Å². The fourth-order valence-corrected chi connectivity index (χ4v) is 4.44. The van der Waals surface area contributed by atoms with E-state index in [0.717, 1.165) is 51.4 Å². The number of hydrogen-bond donors (Lipinski definition) is 3. The number of hydrogen-bond acceptors (Lipinski definition) is 3. The van der Waals surface area contributed by atoms with Gasteiger partial charge in [-0.25, -0.2) is 0 Å². The maximum atomic E-state index is 12.2. The summed E-state index contributed by atoms with van der Waals surface area (Å²) in [7, 11) is 0. The Morgan fingerprint density at radius 3 is 1.59 bits per heavy atom. The maximum Gasteiger partial charge on any atom is 0.220 e. The largest absolute Gasteiger partial charge is 0.394 e. The van der Waals surface area contributed by atoms with Gasteiger partial charge < -0.3 is 15.5 Å². The van der Waals surface area contributed by atoms with Crippen molar-refractivity contribution in [1.29, 1.82) is 0 Å². The molecule has 0 fully saturated rings. The van der Waals surface area contributed by atoms with Crippen LogP contribution in [0.1, 0.15) is 149 Å². The van der Waals surface area contributed by atoms with E-state index >= 15 is 0 Å². The predicted molar refractivity (Wildman–Crippen MR) is 170 cm³/mol. The van der Waals surface area contributed by atoms with Gasteiger partial charge in [0.25, 0.3) is 0 Å². The molecule has 4 nitrogen and oxygen atoms in total. The average Bonchev–Trinajstić information content (AvgIpc) is 2.94. The minimum absolute atomic E-state index is 0.0941. The van der Waals surface area contributed by atoms with E-state index in [4.69, 9.17) is 0 Å². The number of carbonyl (C=O) groups is 1. The first-order chi connectivity index (χ1) is 19.2. The van der Waals surface area contributed by atoms with E-state index in [1.165, 1.54) is 77.0 Å². The Morgan fingerprint density at radius 2 is 1.05 bits per heavy atom. The molecule has 39 heavy (non-hydrogen) atoms. The number of aliphatic hydroxyl groups is 2. The number of rotatable bonds is 28. The van der Waals surface area contributed by atoms with E-state index in [1.807, 2.05) is 6.08 Å². The Labute approximate surface area is 242 Å². The molecule has 0 saturated carbocycles. The summed E-state index contributed by atoms with van der Waals surface area (Å²) in [4.78, 5) is 12.2. The highest BCUT2D eigenvalue weighted by molar-refractivity contribution is 5.76. The van der Waals surface area contributed by atoms with E-state index in [-0.39, 0.29) is 12.5 Å². The second-order valence-corrected chi connectivity index (χ2v) is 10.8. The number of nitrogens with one attached hydrogen (secondary N) is 1. The molecule has 4 heteroatoms. The first-order valence-corrected chi connectivity index (χ1v) is 16.4. The van der Waals surface area contributed by atoms with Crippen LogP contribution in [0.2, 0.25) is 0 Å². The van der Waals surface area contributed by atoms with Crippen LogP contribution in [0.3, 0.4) is 0 Å². The average molecular weight is 546 g/mol. The first-order valence-electron chi connectivity index (χ1n) is 16.4. The second-order valence-electron chi connectivity index (χ2n) is 10.8. The highest BCUT2D eigenvalue weighted by Gasteiger charge is 2.17. The van der Waals surface area contributed by atoms with Crippen LogP contribution >= 0.6 is 0 Å². The lowest BCUT2D eigenvalue weighted by Crippen LogP contribution is -2.45. The lowest BCUT2D eigenvalue weighted by molar-refractivity contribution is -0.123. The van der Waals surface area contributed by atoms with E-state index in [2.05, 4.69) is 55.6 Å². The minimum Gasteiger partial charge on any atom is -0.394 e. The molecule has 0 saturated heterocycles. The standard InChI is InChI=1S/C35H63NO3/c1-3-5-7-9-11-13-15-16-17-18-19-20-21-22-24-26-28-30-34(38)33(32-37)36-35(39)31-29-27-25-23-14-12-10-8-6-4-2/h8,10,17-18,21-22,28,30,33-34,37-38H,3-7,9,11-16,19-20,23-27,29,31-32H2,1-2H3,(H,36,39)/b10-8-,18-17+,22-21+,30-28+. The van der Waals surface area contributed by atoms with Gasteiger partial charge in [0.1, 0.15) is 0 Å². The lowest BCUT2D eigenvalue weighted by atomic mass is 10.1. The van der Waals surface area contributed by atoms with E-state index in [0.29, 0.717) is 6.42 Å². The zero-order valence-corrected chi connectivity index (χ0v) is 25.6. The molecule has 0 spiro atoms. The first kappa shape index (κ1) is 37.4. The molecule has 0 aromatic rings. The fraction of sp³-hybridized carbons (Fsp3) is 0.743. The van der Waals surface area contributed by atoms with Crippen LogP contribution in [-0.2, 0) is 4.79 Å². The zero-order chi connectivity index (χ0) is 28.7. The molecule has 0 heterocycles. The van der Waals surface area contributed by atoms with Gasteiger partial charge in [-0.15, -0.1) is 0 Å². The normalized spacial score (nSPS) is 13.8. The van der Waals surface area contributed by atoms with Crippen LogP contribution in [0, 0.1) is 0 Å². The molecular formula is C35H63NO3. The van der Waals surface area contributed by atoms with Crippen LogP contribution in [-0.4, -0.2) is 34.9 Å². The minimum atomic E-state index is -0.870. The Morgan fingerprint density at radius 1 is 0.590 bits per heavy atom. The highest BCUT2D eigenvalue weighted by atomic mass is 16.3. The Kier molecular flexibility index (Phi) is 29.6. The number of unbranched alkanes of at least 4 members (excludes halogenated alkanes) is 15. The summed E-state index contributed by atoms with van der Waals surface area (Å²) in [5, 5.41) is 22.7. The molecule has 2 unspecified atom stereocenters. The SMILES string of the molecule is CCC/C=C\CCCCCCCC(=O)NC(CO)C(O)/C=C/CC/C=C/CC/C=C/CCCCCCCCC. The molecule has 0 radical (unpaired) electrons. The van der Waals surface area contributed by atoms with E-state index in [1.54, 1.807) is 6.08 Å². The summed E-state index contributed by atoms with van der Waals surface area (Å²) in [6.45, 7) is 4.19. The van der Waals surface area contributed by atoms with Gasteiger partial charge in [-0.05, 0) is 64.2 Å². The van der Waals surface area contributed by atoms with Crippen molar-refractivity contribution in [2.45, 2.75) is 161 Å². The quantitative estimate of drug-likeness (QED) is 0.0677. The Balaban J connectivity index is 3.77. The third-order valence-corrected chi connectivity index (χ3v) is 6.99. The molecule has 0 bridgehead atoms. The lowest BCUT2D eigenvalue weighted by Gasteiger charge is -2.19. The number of carbonyl (C=O) groups excluding carboxylic acids is 1. The summed E-state index contributed by atoms with van der Waals surface area (Å²) in [6.07, 6.45) is 40.5. The van der Waals surface area contributed by atoms with Crippen LogP contribution in [0.4, 0.5) is 0 Å². The molecule has 2 atom stereocenters. The summed E-state index contributed by atoms with van der Waals surface area (Å²) in [6, 6.07) is -0.646. The van der Waals surface area contributed by atoms with Gasteiger partial charge >= 0.3 is 0 Å². The van der Waals surface area contributed by atoms with Crippen molar-refractivity contribution < 1.29 is 15.0 Å². The van der Waals surface area contributed by atoms with Gasteiger partial charge in [0.2, 0.25) is 5.91 Å². The van der Waals surface area contributed by atoms with Crippen LogP contribution < -0.4 is 5.32 Å². The molecule has 0 aromatic carbocycles. The molecule has 226 valence electrons. The molecule has 0 aliphatic carbocycles. The van der Waals surface area contributed by atoms with Crippen molar-refractivity contribution in [1.82, 2.24) is 5.32 Å². The number of amides is 1. The van der Waals surface area contributed by atoms with Crippen molar-refractivity contribution >= 4 is 5.91 Å². The summed E-state index contributed by atoms with van der Waals surface area (Å²) in [5.41, 5.74) is 0. The second kappa shape index (κ2) is 30.9. The molecular weight excluding hydrogens is 482 g/mol. The summed E-state index contributed by atoms with van der Waals surface area (Å²) < 4.78 is 0. The van der Waals surface area contributed by atoms with Crippen molar-refractivity contribution in [3.8, 4) is 0 Å². The van der Waals surface area contributed by atoms with E-state index in [9.17, 15) is 15.0 Å². The zero-order valence-electron chi connectivity index (χ0n) is 25.6. The van der Waals surface area contributed by atoms with Gasteiger partial charge in [-0.1, -0.05) is 127 Å². The van der Waals surface area contributed by atoms with Gasteiger partial charge in [0.15, 0.2) is 0 Å². The van der Waals surface area contributed by atoms with Crippen LogP contribution in [0.15, 0.2) is 48.6 Å². The predicted octanol–water partition coefficient (Wildman–Crippen LogP) is 9.28. The van der Waals surface area contributed by atoms with Crippen molar-refractivity contribution in [2.24, 2.45) is 0 Å². The Hall–Kier alpha value is -1.65. The molecule has 3 N–H and O–H groups in total. The molecule has 1 amide bonds. The molecule has 0 aromatic heterocycles. The number of allylic oxidation sites excluding steroid dienone is 7. The van der Waals surface area contributed by atoms with Crippen LogP contribution in [0.5, 0.6) is 0 Å². The number of aliphatic hydroxyl groups excluding tert-OH is 2. The van der Waals surface area contributed by atoms with Gasteiger partial charge in [0, 0.05) is 6.42 Å². The summed E-state index contributed by atoms with van der Waals surface area (Å²) in [5.74, 6) is -0.0941. The fourth-order valence-electron chi connectivity index (χ4n) is 4.44.